The molecular formula is C9H9I2N. The van der Waals surface area contributed by atoms with Crippen molar-refractivity contribution in [3.8, 4) is 0 Å². The van der Waals surface area contributed by atoms with Gasteiger partial charge in [-0.15, -0.1) is 0 Å². The van der Waals surface area contributed by atoms with Gasteiger partial charge in [0.2, 0.25) is 0 Å². The molecule has 0 unspecified atom stereocenters. The van der Waals surface area contributed by atoms with Gasteiger partial charge in [-0.1, -0.05) is 0 Å². The number of halogens is 2. The van der Waals surface area contributed by atoms with Crippen molar-refractivity contribution in [1.29, 1.82) is 0 Å². The van der Waals surface area contributed by atoms with E-state index in [1.807, 2.05) is 0 Å². The van der Waals surface area contributed by atoms with Crippen molar-refractivity contribution < 1.29 is 0 Å². The van der Waals surface area contributed by atoms with E-state index in [9.17, 15) is 0 Å². The quantitative estimate of drug-likeness (QED) is 0.682. The molecule has 1 aromatic carbocycles. The van der Waals surface area contributed by atoms with Gasteiger partial charge in [0.25, 0.3) is 0 Å². The van der Waals surface area contributed by atoms with Crippen LogP contribution >= 0.6 is 45.2 Å². The van der Waals surface area contributed by atoms with Crippen molar-refractivity contribution in [2.24, 2.45) is 5.73 Å². The van der Waals surface area contributed by atoms with Crippen LogP contribution in [0.15, 0.2) is 12.1 Å². The fraction of sp³-hybridized carbons (Fsp3) is 0.333. The van der Waals surface area contributed by atoms with E-state index < -0.39 is 0 Å². The molecule has 1 aromatic rings. The first-order valence-corrected chi connectivity index (χ1v) is 6.05. The number of fused-ring (bicyclic) bond motifs is 1. The van der Waals surface area contributed by atoms with Gasteiger partial charge >= 0.3 is 0 Å². The van der Waals surface area contributed by atoms with Crippen molar-refractivity contribution in [1.82, 2.24) is 0 Å². The Morgan fingerprint density at radius 1 is 1.08 bits per heavy atom. The van der Waals surface area contributed by atoms with Gasteiger partial charge in [-0.25, -0.2) is 0 Å². The van der Waals surface area contributed by atoms with Gasteiger partial charge in [0.15, 0.2) is 0 Å². The molecule has 12 heavy (non-hydrogen) atoms. The van der Waals surface area contributed by atoms with Crippen LogP contribution in [0.3, 0.4) is 0 Å². The Labute approximate surface area is 99.4 Å². The molecule has 0 amide bonds. The van der Waals surface area contributed by atoms with Gasteiger partial charge in [-0.05, 0) is 81.3 Å². The van der Waals surface area contributed by atoms with Gasteiger partial charge < -0.3 is 5.73 Å². The van der Waals surface area contributed by atoms with E-state index in [-0.39, 0.29) is 0 Å². The third-order valence-electron chi connectivity index (χ3n) is 2.21. The maximum Gasteiger partial charge on any atom is 0.0266 e. The Kier molecular flexibility index (Phi) is 2.62. The fourth-order valence-corrected chi connectivity index (χ4v) is 2.71. The summed E-state index contributed by atoms with van der Waals surface area (Å²) in [5, 5.41) is 0. The van der Waals surface area contributed by atoms with Crippen LogP contribution in [-0.2, 0) is 12.8 Å². The van der Waals surface area contributed by atoms with Crippen LogP contribution in [-0.4, -0.2) is 6.04 Å². The average molecular weight is 385 g/mol. The Morgan fingerprint density at radius 3 is 1.92 bits per heavy atom. The summed E-state index contributed by atoms with van der Waals surface area (Å²) in [5.41, 5.74) is 8.78. The predicted octanol–water partition coefficient (Wildman–Crippen LogP) is 2.32. The lowest BCUT2D eigenvalue weighted by molar-refractivity contribution is 0.721. The summed E-state index contributed by atoms with van der Waals surface area (Å²) in [6, 6.07) is 4.89. The Balaban J connectivity index is 2.48. The summed E-state index contributed by atoms with van der Waals surface area (Å²) in [6.45, 7) is 0. The molecule has 2 rings (SSSR count). The topological polar surface area (TPSA) is 26.0 Å². The maximum atomic E-state index is 5.88. The van der Waals surface area contributed by atoms with E-state index in [4.69, 9.17) is 5.73 Å². The Hall–Kier alpha value is 0.640. The van der Waals surface area contributed by atoms with Gasteiger partial charge in [-0.2, -0.15) is 0 Å². The smallest absolute Gasteiger partial charge is 0.0266 e. The van der Waals surface area contributed by atoms with Crippen LogP contribution in [0.25, 0.3) is 0 Å². The van der Waals surface area contributed by atoms with Crippen molar-refractivity contribution >= 4 is 45.2 Å². The highest BCUT2D eigenvalue weighted by Gasteiger charge is 2.18. The molecule has 0 saturated heterocycles. The second-order valence-corrected chi connectivity index (χ2v) is 5.53. The zero-order valence-electron chi connectivity index (χ0n) is 6.48. The van der Waals surface area contributed by atoms with Gasteiger partial charge in [0, 0.05) is 13.2 Å². The van der Waals surface area contributed by atoms with Crippen molar-refractivity contribution in [3.63, 3.8) is 0 Å². The van der Waals surface area contributed by atoms with E-state index in [2.05, 4.69) is 57.3 Å². The van der Waals surface area contributed by atoms with Crippen molar-refractivity contribution in [2.75, 3.05) is 0 Å². The molecule has 1 nitrogen and oxygen atoms in total. The molecule has 3 heteroatoms. The van der Waals surface area contributed by atoms with E-state index in [1.54, 1.807) is 0 Å². The Morgan fingerprint density at radius 2 is 1.50 bits per heavy atom. The number of nitrogens with two attached hydrogens (primary N) is 1. The fourth-order valence-electron chi connectivity index (χ4n) is 1.65. The summed E-state index contributed by atoms with van der Waals surface area (Å²) < 4.78 is 2.70. The summed E-state index contributed by atoms with van der Waals surface area (Å²) in [7, 11) is 0. The van der Waals surface area contributed by atoms with Crippen LogP contribution in [0.4, 0.5) is 0 Å². The van der Waals surface area contributed by atoms with E-state index in [0.29, 0.717) is 6.04 Å². The molecule has 0 bridgehead atoms. The molecule has 0 saturated carbocycles. The van der Waals surface area contributed by atoms with Crippen LogP contribution in [0.1, 0.15) is 11.1 Å². The molecule has 0 spiro atoms. The second kappa shape index (κ2) is 3.42. The Bertz CT molecular complexity index is 292. The summed E-state index contributed by atoms with van der Waals surface area (Å²) in [5.74, 6) is 0. The van der Waals surface area contributed by atoms with Crippen molar-refractivity contribution in [3.05, 3.63) is 30.4 Å². The maximum absolute atomic E-state index is 5.88. The highest BCUT2D eigenvalue weighted by molar-refractivity contribution is 14.1. The molecule has 0 atom stereocenters. The molecule has 0 radical (unpaired) electrons. The summed E-state index contributed by atoms with van der Waals surface area (Å²) in [4.78, 5) is 0. The van der Waals surface area contributed by atoms with E-state index >= 15 is 0 Å². The molecule has 1 aliphatic rings. The molecule has 1 aliphatic carbocycles. The van der Waals surface area contributed by atoms with Gasteiger partial charge in [0.05, 0.1) is 0 Å². The van der Waals surface area contributed by atoms with Crippen LogP contribution in [0, 0.1) is 7.14 Å². The lowest BCUT2D eigenvalue weighted by atomic mass is 10.1. The zero-order chi connectivity index (χ0) is 8.72. The molecule has 0 aromatic heterocycles. The largest absolute Gasteiger partial charge is 0.327 e. The van der Waals surface area contributed by atoms with Crippen LogP contribution in [0.5, 0.6) is 0 Å². The standard InChI is InChI=1S/C9H9I2N/c10-8-3-5-1-7(12)2-6(5)4-9(8)11/h3-4,7H,1-2,12H2. The van der Waals surface area contributed by atoms with Crippen LogP contribution < -0.4 is 5.73 Å². The molecule has 0 aliphatic heterocycles. The first-order valence-electron chi connectivity index (χ1n) is 3.89. The third-order valence-corrected chi connectivity index (χ3v) is 5.02. The van der Waals surface area contributed by atoms with Crippen molar-refractivity contribution in [2.45, 2.75) is 18.9 Å². The molecular weight excluding hydrogens is 376 g/mol. The normalized spacial score (nSPS) is 16.6. The van der Waals surface area contributed by atoms with Gasteiger partial charge in [0.1, 0.15) is 0 Å². The molecule has 0 heterocycles. The van der Waals surface area contributed by atoms with E-state index in [0.717, 1.165) is 12.8 Å². The lowest BCUT2D eigenvalue weighted by Crippen LogP contribution is -2.18. The minimum Gasteiger partial charge on any atom is -0.327 e. The highest BCUT2D eigenvalue weighted by atomic mass is 127. The average Bonchev–Trinajstić information content (AvgIpc) is 2.30. The van der Waals surface area contributed by atoms with Gasteiger partial charge in [-0.3, -0.25) is 0 Å². The minimum absolute atomic E-state index is 0.356. The predicted molar refractivity (Wildman–Crippen MR) is 67.3 cm³/mol. The number of rotatable bonds is 0. The zero-order valence-corrected chi connectivity index (χ0v) is 10.8. The highest BCUT2D eigenvalue weighted by Crippen LogP contribution is 2.26. The third kappa shape index (κ3) is 1.63. The lowest BCUT2D eigenvalue weighted by Gasteiger charge is -2.01. The second-order valence-electron chi connectivity index (χ2n) is 3.20. The van der Waals surface area contributed by atoms with Crippen LogP contribution in [0.2, 0.25) is 0 Å². The number of hydrogen-bond donors (Lipinski definition) is 1. The number of hydrogen-bond acceptors (Lipinski definition) is 1. The van der Waals surface area contributed by atoms with E-state index in [1.165, 1.54) is 18.3 Å². The first-order chi connectivity index (χ1) is 5.66. The first kappa shape index (κ1) is 9.21. The number of benzene rings is 1. The SMILES string of the molecule is NC1Cc2cc(I)c(I)cc2C1. The summed E-state index contributed by atoms with van der Waals surface area (Å²) >= 11 is 4.75. The monoisotopic (exact) mass is 385 g/mol. The molecule has 2 N–H and O–H groups in total. The summed E-state index contributed by atoms with van der Waals surface area (Å²) in [6.07, 6.45) is 2.12. The molecule has 0 fully saturated rings. The molecule has 64 valence electrons. The minimum atomic E-state index is 0.356.